The van der Waals surface area contributed by atoms with Crippen molar-refractivity contribution in [2.75, 3.05) is 17.6 Å². The van der Waals surface area contributed by atoms with E-state index in [0.29, 0.717) is 29.1 Å². The number of nitrogens with one attached hydrogen (secondary N) is 1. The van der Waals surface area contributed by atoms with Crippen molar-refractivity contribution >= 4 is 29.1 Å². The summed E-state index contributed by atoms with van der Waals surface area (Å²) in [7, 11) is 0. The zero-order valence-corrected chi connectivity index (χ0v) is 19.9. The number of nitrogens with two attached hydrogens (primary N) is 1. The van der Waals surface area contributed by atoms with Gasteiger partial charge in [0.1, 0.15) is 22.9 Å². The van der Waals surface area contributed by atoms with E-state index < -0.39 is 0 Å². The van der Waals surface area contributed by atoms with Gasteiger partial charge < -0.3 is 10.6 Å². The molecule has 3 N–H and O–H groups in total. The molecule has 1 atom stereocenters. The van der Waals surface area contributed by atoms with Crippen LogP contribution in [0.1, 0.15) is 47.2 Å². The zero-order valence-electron chi connectivity index (χ0n) is 19.9. The molecule has 0 bridgehead atoms. The molecule has 10 nitrogen and oxygen atoms in total. The van der Waals surface area contributed by atoms with Gasteiger partial charge in [0.15, 0.2) is 0 Å². The van der Waals surface area contributed by atoms with Crippen molar-refractivity contribution in [1.82, 2.24) is 29.2 Å². The largest absolute Gasteiger partial charge is 0.382 e. The quantitative estimate of drug-likeness (QED) is 0.416. The molecule has 5 rings (SSSR count). The smallest absolute Gasteiger partial charge is 0.258 e. The second-order valence-electron chi connectivity index (χ2n) is 8.65. The van der Waals surface area contributed by atoms with Crippen molar-refractivity contribution in [2.24, 2.45) is 0 Å². The number of carbonyl (C=O) groups excluding carboxylic acids is 2. The van der Waals surface area contributed by atoms with Gasteiger partial charge in [-0.2, -0.15) is 0 Å². The first-order valence-corrected chi connectivity index (χ1v) is 11.7. The summed E-state index contributed by atoms with van der Waals surface area (Å²) in [5.41, 5.74) is 9.58. The first kappa shape index (κ1) is 23.2. The number of amides is 2. The number of likely N-dealkylation sites (tertiary alicyclic amines) is 1. The summed E-state index contributed by atoms with van der Waals surface area (Å²) in [6.45, 7) is 6.13. The number of anilines is 2. The lowest BCUT2D eigenvalue weighted by Gasteiger charge is -2.34. The molecule has 182 valence electrons. The maximum absolute atomic E-state index is 12.7. The highest BCUT2D eigenvalue weighted by molar-refractivity contribution is 6.03. The predicted octanol–water partition coefficient (Wildman–Crippen LogP) is 3.57. The van der Waals surface area contributed by atoms with Crippen LogP contribution in [0.3, 0.4) is 0 Å². The van der Waals surface area contributed by atoms with Crippen LogP contribution in [0.2, 0.25) is 0 Å². The average Bonchev–Trinajstić information content (AvgIpc) is 3.29. The molecule has 36 heavy (non-hydrogen) atoms. The van der Waals surface area contributed by atoms with Gasteiger partial charge in [-0.15, -0.1) is 0 Å². The molecule has 1 aliphatic heterocycles. The second kappa shape index (κ2) is 9.57. The number of nitrogens with zero attached hydrogens (tertiary/aromatic N) is 6. The van der Waals surface area contributed by atoms with E-state index in [-0.39, 0.29) is 23.8 Å². The third-order valence-electron chi connectivity index (χ3n) is 6.31. The number of aryl methyl sites for hydroxylation is 1. The molecule has 0 saturated carbocycles. The normalized spacial score (nSPS) is 15.6. The van der Waals surface area contributed by atoms with Crippen molar-refractivity contribution in [3.8, 4) is 11.3 Å². The first-order chi connectivity index (χ1) is 17.5. The van der Waals surface area contributed by atoms with Gasteiger partial charge in [-0.05, 0) is 50.5 Å². The van der Waals surface area contributed by atoms with E-state index in [9.17, 15) is 9.59 Å². The Morgan fingerprint density at radius 1 is 1.11 bits per heavy atom. The monoisotopic (exact) mass is 482 g/mol. The molecule has 0 radical (unpaired) electrons. The number of rotatable bonds is 5. The zero-order chi connectivity index (χ0) is 25.2. The molecule has 3 aromatic heterocycles. The molecule has 2 amide bonds. The van der Waals surface area contributed by atoms with Gasteiger partial charge >= 0.3 is 0 Å². The van der Waals surface area contributed by atoms with E-state index in [1.54, 1.807) is 30.6 Å². The van der Waals surface area contributed by atoms with Crippen LogP contribution in [0.5, 0.6) is 0 Å². The van der Waals surface area contributed by atoms with Crippen LogP contribution >= 0.6 is 0 Å². The minimum atomic E-state index is -0.315. The minimum absolute atomic E-state index is 0.118. The highest BCUT2D eigenvalue weighted by atomic mass is 16.2. The molecule has 10 heteroatoms. The van der Waals surface area contributed by atoms with Gasteiger partial charge in [0.05, 0.1) is 6.04 Å². The Morgan fingerprint density at radius 2 is 1.92 bits per heavy atom. The van der Waals surface area contributed by atoms with Gasteiger partial charge in [0, 0.05) is 42.0 Å². The van der Waals surface area contributed by atoms with Crippen molar-refractivity contribution in [3.63, 3.8) is 0 Å². The summed E-state index contributed by atoms with van der Waals surface area (Å²) in [5, 5.41) is 2.71. The van der Waals surface area contributed by atoms with Crippen LogP contribution in [0.15, 0.2) is 61.6 Å². The van der Waals surface area contributed by atoms with E-state index >= 15 is 0 Å². The first-order valence-electron chi connectivity index (χ1n) is 11.7. The van der Waals surface area contributed by atoms with Crippen LogP contribution in [0.25, 0.3) is 16.8 Å². The Bertz CT molecular complexity index is 1460. The van der Waals surface area contributed by atoms with E-state index in [4.69, 9.17) is 10.7 Å². The molecule has 1 saturated heterocycles. The third kappa shape index (κ3) is 4.28. The van der Waals surface area contributed by atoms with Crippen LogP contribution in [0, 0.1) is 6.92 Å². The van der Waals surface area contributed by atoms with Crippen molar-refractivity contribution in [1.29, 1.82) is 0 Å². The standard InChI is InChI=1S/C26H26N8O2/c1-3-20(35)33-14-5-4-6-19(33)24-31-21(22-23(27)28-13-15-34(22)24)17-7-9-18(10-8-17)25(36)32-26-29-12-11-16(2)30-26/h3,7-13,15,19H,1,4-6,14H2,2H3,(H2,27,28)(H,29,30,32,36)/t19-/m0/s1. The SMILES string of the molecule is C=CC(=O)N1CCCC[C@H]1c1nc(-c2ccc(C(=O)Nc3nccc(C)n3)cc2)c2c(N)nccn12. The summed E-state index contributed by atoms with van der Waals surface area (Å²) >= 11 is 0. The van der Waals surface area contributed by atoms with Gasteiger partial charge in [-0.3, -0.25) is 19.3 Å². The lowest BCUT2D eigenvalue weighted by Crippen LogP contribution is -2.38. The average molecular weight is 483 g/mol. The van der Waals surface area contributed by atoms with Crippen LogP contribution in [-0.2, 0) is 4.79 Å². The molecule has 4 aromatic rings. The fraction of sp³-hybridized carbons (Fsp3) is 0.231. The highest BCUT2D eigenvalue weighted by Crippen LogP contribution is 2.36. The number of carbonyl (C=O) groups is 2. The Hall–Kier alpha value is -4.60. The number of nitrogen functional groups attached to an aromatic ring is 1. The van der Waals surface area contributed by atoms with Gasteiger partial charge in [0.25, 0.3) is 5.91 Å². The van der Waals surface area contributed by atoms with E-state index in [0.717, 1.165) is 36.3 Å². The predicted molar refractivity (Wildman–Crippen MR) is 136 cm³/mol. The van der Waals surface area contributed by atoms with Crippen LogP contribution < -0.4 is 11.1 Å². The molecule has 1 aromatic carbocycles. The number of piperidine rings is 1. The number of aromatic nitrogens is 5. The Labute approximate surface area is 207 Å². The number of fused-ring (bicyclic) bond motifs is 1. The topological polar surface area (TPSA) is 131 Å². The maximum Gasteiger partial charge on any atom is 0.258 e. The van der Waals surface area contributed by atoms with E-state index in [1.165, 1.54) is 6.08 Å². The van der Waals surface area contributed by atoms with E-state index in [2.05, 4.69) is 26.8 Å². The van der Waals surface area contributed by atoms with Gasteiger partial charge in [-0.25, -0.2) is 19.9 Å². The minimum Gasteiger partial charge on any atom is -0.382 e. The molecule has 1 fully saturated rings. The summed E-state index contributed by atoms with van der Waals surface area (Å²) in [4.78, 5) is 44.6. The van der Waals surface area contributed by atoms with Gasteiger partial charge in [-0.1, -0.05) is 18.7 Å². The molecular weight excluding hydrogens is 456 g/mol. The fourth-order valence-electron chi connectivity index (χ4n) is 4.57. The highest BCUT2D eigenvalue weighted by Gasteiger charge is 2.31. The van der Waals surface area contributed by atoms with Crippen LogP contribution in [-0.4, -0.2) is 47.6 Å². The fourth-order valence-corrected chi connectivity index (χ4v) is 4.57. The van der Waals surface area contributed by atoms with Crippen molar-refractivity contribution < 1.29 is 9.59 Å². The van der Waals surface area contributed by atoms with Crippen molar-refractivity contribution in [2.45, 2.75) is 32.2 Å². The molecule has 0 unspecified atom stereocenters. The Morgan fingerprint density at radius 3 is 2.67 bits per heavy atom. The van der Waals surface area contributed by atoms with E-state index in [1.807, 2.05) is 34.6 Å². The van der Waals surface area contributed by atoms with Gasteiger partial charge in [0.2, 0.25) is 11.9 Å². The number of hydrogen-bond donors (Lipinski definition) is 2. The Balaban J connectivity index is 1.50. The summed E-state index contributed by atoms with van der Waals surface area (Å²) in [6, 6.07) is 8.62. The summed E-state index contributed by atoms with van der Waals surface area (Å²) < 4.78 is 1.91. The molecule has 0 aliphatic carbocycles. The molecule has 1 aliphatic rings. The Kier molecular flexibility index (Phi) is 6.16. The maximum atomic E-state index is 12.7. The number of benzene rings is 1. The van der Waals surface area contributed by atoms with Crippen LogP contribution in [0.4, 0.5) is 11.8 Å². The summed E-state index contributed by atoms with van der Waals surface area (Å²) in [5.74, 6) is 0.876. The lowest BCUT2D eigenvalue weighted by atomic mass is 10.0. The number of imidazole rings is 1. The molecule has 0 spiro atoms. The lowest BCUT2D eigenvalue weighted by molar-refractivity contribution is -0.129. The van der Waals surface area contributed by atoms with Crippen molar-refractivity contribution in [3.05, 3.63) is 78.7 Å². The third-order valence-corrected chi connectivity index (χ3v) is 6.31. The molecule has 4 heterocycles. The summed E-state index contributed by atoms with van der Waals surface area (Å²) in [6.07, 6.45) is 9.10. The molecular formula is C26H26N8O2. The number of hydrogen-bond acceptors (Lipinski definition) is 7. The second-order valence-corrected chi connectivity index (χ2v) is 8.65.